The summed E-state index contributed by atoms with van der Waals surface area (Å²) in [4.78, 5) is 40.8. The molecule has 4 heterocycles. The molecule has 0 radical (unpaired) electrons. The number of nitrogens with one attached hydrogen (secondary N) is 2. The number of carbonyl (C=O) groups excluding carboxylic acids is 2. The Morgan fingerprint density at radius 2 is 2.03 bits per heavy atom. The molecule has 2 saturated heterocycles. The van der Waals surface area contributed by atoms with E-state index >= 15 is 0 Å². The van der Waals surface area contributed by atoms with Gasteiger partial charge in [-0.25, -0.2) is 9.97 Å². The quantitative estimate of drug-likeness (QED) is 0.660. The lowest BCUT2D eigenvalue weighted by Gasteiger charge is -2.36. The van der Waals surface area contributed by atoms with Crippen LogP contribution in [0.25, 0.3) is 10.2 Å². The number of rotatable bonds is 4. The van der Waals surface area contributed by atoms with Crippen LogP contribution in [-0.2, 0) is 4.79 Å². The van der Waals surface area contributed by atoms with Gasteiger partial charge in [-0.1, -0.05) is 6.08 Å². The van der Waals surface area contributed by atoms with Crippen LogP contribution in [-0.4, -0.2) is 70.3 Å². The maximum Gasteiger partial charge on any atom is 0.264 e. The van der Waals surface area contributed by atoms with E-state index in [0.717, 1.165) is 65.8 Å². The average molecular weight is 505 g/mol. The van der Waals surface area contributed by atoms with Gasteiger partial charge in [0, 0.05) is 36.3 Å². The first kappa shape index (κ1) is 23.4. The molecule has 2 unspecified atom stereocenters. The molecule has 8 nitrogen and oxygen atoms in total. The molecule has 2 aromatic rings. The van der Waals surface area contributed by atoms with Gasteiger partial charge in [0.15, 0.2) is 0 Å². The van der Waals surface area contributed by atoms with Crippen LogP contribution >= 0.6 is 11.3 Å². The fraction of sp³-hybridized carbons (Fsp3) is 0.481. The molecular weight excluding hydrogens is 472 g/mol. The van der Waals surface area contributed by atoms with Crippen LogP contribution < -0.4 is 10.6 Å². The number of nitrogens with zero attached hydrogens (tertiary/aromatic N) is 4. The lowest BCUT2D eigenvalue weighted by molar-refractivity contribution is -0.116. The van der Waals surface area contributed by atoms with Crippen molar-refractivity contribution < 1.29 is 9.59 Å². The van der Waals surface area contributed by atoms with Crippen LogP contribution in [0.3, 0.4) is 0 Å². The summed E-state index contributed by atoms with van der Waals surface area (Å²) in [6.07, 6.45) is 9.64. The van der Waals surface area contributed by atoms with Gasteiger partial charge in [-0.15, -0.1) is 11.3 Å². The van der Waals surface area contributed by atoms with E-state index in [1.807, 2.05) is 17.9 Å². The van der Waals surface area contributed by atoms with Gasteiger partial charge in [-0.2, -0.15) is 0 Å². The van der Waals surface area contributed by atoms with Crippen LogP contribution in [0.5, 0.6) is 0 Å². The van der Waals surface area contributed by atoms with Crippen molar-refractivity contribution in [3.63, 3.8) is 0 Å². The van der Waals surface area contributed by atoms with Gasteiger partial charge < -0.3 is 20.4 Å². The van der Waals surface area contributed by atoms with Gasteiger partial charge >= 0.3 is 0 Å². The molecule has 9 heteroatoms. The monoisotopic (exact) mass is 504 g/mol. The zero-order valence-corrected chi connectivity index (χ0v) is 22.0. The predicted molar refractivity (Wildman–Crippen MR) is 142 cm³/mol. The number of hydrogen-bond donors (Lipinski definition) is 2. The highest BCUT2D eigenvalue weighted by Crippen LogP contribution is 2.46. The van der Waals surface area contributed by atoms with E-state index in [-0.39, 0.29) is 23.3 Å². The van der Waals surface area contributed by atoms with Crippen molar-refractivity contribution in [1.29, 1.82) is 0 Å². The molecule has 4 bridgehead atoms. The van der Waals surface area contributed by atoms with Gasteiger partial charge in [0.05, 0.1) is 15.8 Å². The maximum atomic E-state index is 13.3. The van der Waals surface area contributed by atoms with E-state index in [1.54, 1.807) is 6.33 Å². The van der Waals surface area contributed by atoms with Gasteiger partial charge in [0.2, 0.25) is 5.91 Å². The molecule has 2 atom stereocenters. The Hall–Kier alpha value is -3.04. The Balaban J connectivity index is 1.30. The van der Waals surface area contributed by atoms with Gasteiger partial charge in [-0.05, 0) is 76.9 Å². The number of carbonyl (C=O) groups is 2. The van der Waals surface area contributed by atoms with Crippen molar-refractivity contribution in [1.82, 2.24) is 25.1 Å². The summed E-state index contributed by atoms with van der Waals surface area (Å²) < 4.78 is 0. The highest BCUT2D eigenvalue weighted by atomic mass is 32.1. The number of allylic oxidation sites excluding steroid dienone is 3. The third-order valence-electron chi connectivity index (χ3n) is 8.28. The molecule has 0 saturated carbocycles. The first-order chi connectivity index (χ1) is 17.2. The summed E-state index contributed by atoms with van der Waals surface area (Å²) in [5.74, 6) is 1.01. The van der Waals surface area contributed by atoms with Crippen LogP contribution in [0.2, 0.25) is 0 Å². The molecule has 2 fully saturated rings. The van der Waals surface area contributed by atoms with Crippen molar-refractivity contribution in [3.05, 3.63) is 51.8 Å². The lowest BCUT2D eigenvalue weighted by Crippen LogP contribution is -2.44. The fourth-order valence-corrected chi connectivity index (χ4v) is 7.24. The number of aromatic nitrogens is 2. The number of amides is 2. The van der Waals surface area contributed by atoms with Crippen molar-refractivity contribution in [2.75, 3.05) is 32.5 Å². The summed E-state index contributed by atoms with van der Waals surface area (Å²) in [6, 6.07) is 2.46. The predicted octanol–water partition coefficient (Wildman–Crippen LogP) is 3.71. The maximum absolute atomic E-state index is 13.3. The highest BCUT2D eigenvalue weighted by molar-refractivity contribution is 7.20. The smallest absolute Gasteiger partial charge is 0.264 e. The van der Waals surface area contributed by atoms with E-state index in [9.17, 15) is 9.59 Å². The minimum absolute atomic E-state index is 0.0371. The first-order valence-corrected chi connectivity index (χ1v) is 13.5. The number of likely N-dealkylation sites (tertiary alicyclic amines) is 1. The molecule has 0 spiro atoms. The standard InChI is InChI=1S/C27H32N6O2S/c1-15-11-20(16-5-6-19-22(15)24(34)31-27(19,2)13-16)30-23-18-12-21(36-25(18)29-14-28-23)26(35)33-9-7-17(8-10-33)32(3)4/h11-14,17,19H,5-10H2,1-4H3,(H,31,34)(H,28,29,30)/b20-11+,22-15+. The third kappa shape index (κ3) is 3.76. The van der Waals surface area contributed by atoms with Gasteiger partial charge in [0.25, 0.3) is 5.91 Å². The summed E-state index contributed by atoms with van der Waals surface area (Å²) >= 11 is 1.42. The second-order valence-electron chi connectivity index (χ2n) is 10.8. The van der Waals surface area contributed by atoms with Crippen molar-refractivity contribution in [2.24, 2.45) is 5.92 Å². The topological polar surface area (TPSA) is 90.5 Å². The van der Waals surface area contributed by atoms with Gasteiger partial charge in [0.1, 0.15) is 17.0 Å². The normalized spacial score (nSPS) is 29.6. The number of hydrogen-bond acceptors (Lipinski definition) is 7. The average Bonchev–Trinajstić information content (AvgIpc) is 3.40. The molecule has 7 rings (SSSR count). The minimum atomic E-state index is -0.356. The van der Waals surface area contributed by atoms with Crippen molar-refractivity contribution in [3.8, 4) is 0 Å². The molecule has 2 amide bonds. The molecule has 188 valence electrons. The molecule has 0 aromatic carbocycles. The Bertz CT molecular complexity index is 1360. The Labute approximate surface area is 215 Å². The van der Waals surface area contributed by atoms with Gasteiger partial charge in [-0.3, -0.25) is 9.59 Å². The van der Waals surface area contributed by atoms with E-state index in [2.05, 4.69) is 58.7 Å². The first-order valence-electron chi connectivity index (χ1n) is 12.7. The van der Waals surface area contributed by atoms with Crippen LogP contribution in [0.4, 0.5) is 5.82 Å². The third-order valence-corrected chi connectivity index (χ3v) is 9.31. The zero-order chi connectivity index (χ0) is 25.2. The van der Waals surface area contributed by atoms with Crippen molar-refractivity contribution in [2.45, 2.75) is 51.1 Å². The number of anilines is 1. The summed E-state index contributed by atoms with van der Waals surface area (Å²) in [7, 11) is 4.21. The van der Waals surface area contributed by atoms with Crippen LogP contribution in [0.1, 0.15) is 49.2 Å². The summed E-state index contributed by atoms with van der Waals surface area (Å²) in [5, 5.41) is 7.59. The number of fused-ring (bicyclic) bond motifs is 3. The van der Waals surface area contributed by atoms with E-state index in [4.69, 9.17) is 0 Å². The van der Waals surface area contributed by atoms with Crippen LogP contribution in [0.15, 0.2) is 47.0 Å². The Kier molecular flexibility index (Phi) is 5.53. The molecule has 3 aliphatic carbocycles. The number of thiophene rings is 1. The fourth-order valence-electron chi connectivity index (χ4n) is 6.27. The highest BCUT2D eigenvalue weighted by Gasteiger charge is 2.48. The Morgan fingerprint density at radius 3 is 2.78 bits per heavy atom. The Morgan fingerprint density at radius 1 is 1.25 bits per heavy atom. The molecule has 5 aliphatic rings. The molecule has 36 heavy (non-hydrogen) atoms. The number of piperidine rings is 1. The van der Waals surface area contributed by atoms with E-state index in [1.165, 1.54) is 16.9 Å². The molecule has 2 aromatic heterocycles. The molecule has 2 aliphatic heterocycles. The largest absolute Gasteiger partial charge is 0.343 e. The van der Waals surface area contributed by atoms with E-state index < -0.39 is 0 Å². The zero-order valence-electron chi connectivity index (χ0n) is 21.2. The molecule has 2 N–H and O–H groups in total. The van der Waals surface area contributed by atoms with Crippen LogP contribution in [0, 0.1) is 5.92 Å². The second kappa shape index (κ2) is 8.52. The van der Waals surface area contributed by atoms with Crippen molar-refractivity contribution >= 4 is 39.2 Å². The summed E-state index contributed by atoms with van der Waals surface area (Å²) in [6.45, 7) is 5.67. The molecular formula is C27H32N6O2S. The SMILES string of the molecule is CC1=C2\C(=O)NC3(C)C=C(CCC23)/C(Nc2ncnc3sc(C(=O)N4CCC(N(C)C)CC4)cc23)=C\1. The lowest BCUT2D eigenvalue weighted by atomic mass is 9.72. The summed E-state index contributed by atoms with van der Waals surface area (Å²) in [5.41, 5.74) is 3.65. The van der Waals surface area contributed by atoms with E-state index in [0.29, 0.717) is 16.7 Å². The second-order valence-corrected chi connectivity index (χ2v) is 11.8. The minimum Gasteiger partial charge on any atom is -0.343 e.